The number of hydrogen-bond donors (Lipinski definition) is 2. The number of likely N-dealkylation sites (tertiary alicyclic amines) is 1. The molecule has 3 N–H and O–H groups in total. The Morgan fingerprint density at radius 1 is 1.34 bits per heavy atom. The third-order valence-corrected chi connectivity index (χ3v) is 6.24. The van der Waals surface area contributed by atoms with Crippen LogP contribution in [0.4, 0.5) is 8.78 Å². The number of aromatic nitrogens is 1. The van der Waals surface area contributed by atoms with E-state index in [2.05, 4.69) is 6.58 Å². The maximum Gasteiger partial charge on any atom is 0.341 e. The molecule has 1 saturated carbocycles. The zero-order valence-electron chi connectivity index (χ0n) is 17.4. The first-order chi connectivity index (χ1) is 15.2. The van der Waals surface area contributed by atoms with E-state index in [9.17, 15) is 19.5 Å². The quantitative estimate of drug-likeness (QED) is 0.512. The predicted octanol–water partition coefficient (Wildman–Crippen LogP) is 1.77. The summed E-state index contributed by atoms with van der Waals surface area (Å²) in [6, 6.07) is -0.780. The second-order valence-corrected chi connectivity index (χ2v) is 8.23. The maximum absolute atomic E-state index is 15.8. The van der Waals surface area contributed by atoms with E-state index in [-0.39, 0.29) is 35.6 Å². The van der Waals surface area contributed by atoms with E-state index < -0.39 is 52.6 Å². The van der Waals surface area contributed by atoms with Crippen LogP contribution in [0.3, 0.4) is 0 Å². The van der Waals surface area contributed by atoms with Crippen LogP contribution in [-0.2, 0) is 9.53 Å². The smallest absolute Gasteiger partial charge is 0.341 e. The summed E-state index contributed by atoms with van der Waals surface area (Å²) in [4.78, 5) is 37.8. The number of ether oxygens (including phenoxy) is 1. The second-order valence-electron chi connectivity index (χ2n) is 8.23. The monoisotopic (exact) mass is 447 g/mol. The lowest BCUT2D eigenvalue weighted by Gasteiger charge is -2.23. The molecule has 0 spiro atoms. The molecule has 8 nitrogen and oxygen atoms in total. The third-order valence-electron chi connectivity index (χ3n) is 6.24. The van der Waals surface area contributed by atoms with Crippen molar-refractivity contribution in [1.29, 1.82) is 0 Å². The molecule has 170 valence electrons. The van der Waals surface area contributed by atoms with E-state index in [0.29, 0.717) is 12.8 Å². The SMILES string of the molecule is C=CC(C(=O)OC)N1CC(N)C(c2c(F)cc3c(=O)c(C(=O)O)cn(C4CC4)c3c2F)C1. The number of nitrogens with two attached hydrogens (primary N) is 1. The van der Waals surface area contributed by atoms with Crippen LogP contribution in [0, 0.1) is 11.6 Å². The van der Waals surface area contributed by atoms with Crippen molar-refractivity contribution in [2.75, 3.05) is 20.2 Å². The topological polar surface area (TPSA) is 115 Å². The zero-order chi connectivity index (χ0) is 23.3. The molecule has 32 heavy (non-hydrogen) atoms. The van der Waals surface area contributed by atoms with Gasteiger partial charge in [0, 0.05) is 42.9 Å². The number of nitrogens with zero attached hydrogens (tertiary/aromatic N) is 2. The van der Waals surface area contributed by atoms with Crippen molar-refractivity contribution >= 4 is 22.8 Å². The Morgan fingerprint density at radius 2 is 2.03 bits per heavy atom. The molecule has 1 aromatic heterocycles. The van der Waals surface area contributed by atoms with Gasteiger partial charge in [0.25, 0.3) is 0 Å². The summed E-state index contributed by atoms with van der Waals surface area (Å²) in [5, 5.41) is 9.03. The van der Waals surface area contributed by atoms with Gasteiger partial charge in [-0.25, -0.2) is 13.6 Å². The predicted molar refractivity (Wildman–Crippen MR) is 112 cm³/mol. The van der Waals surface area contributed by atoms with E-state index in [1.165, 1.54) is 17.8 Å². The molecular weight excluding hydrogens is 424 g/mol. The molecular formula is C22H23F2N3O5. The normalized spacial score (nSPS) is 22.1. The number of pyridine rings is 1. The lowest BCUT2D eigenvalue weighted by atomic mass is 9.92. The lowest BCUT2D eigenvalue weighted by Crippen LogP contribution is -2.40. The summed E-state index contributed by atoms with van der Waals surface area (Å²) in [7, 11) is 1.23. The molecule has 2 aromatic rings. The van der Waals surface area contributed by atoms with Gasteiger partial charge in [0.05, 0.1) is 18.0 Å². The summed E-state index contributed by atoms with van der Waals surface area (Å²) in [6.45, 7) is 3.88. The van der Waals surface area contributed by atoms with E-state index in [0.717, 1.165) is 12.3 Å². The van der Waals surface area contributed by atoms with Gasteiger partial charge in [-0.05, 0) is 18.9 Å². The van der Waals surface area contributed by atoms with Gasteiger partial charge in [0.15, 0.2) is 5.82 Å². The molecule has 0 radical (unpaired) electrons. The van der Waals surface area contributed by atoms with Gasteiger partial charge >= 0.3 is 11.9 Å². The third kappa shape index (κ3) is 3.49. The number of esters is 1. The largest absolute Gasteiger partial charge is 0.477 e. The van der Waals surface area contributed by atoms with E-state index >= 15 is 8.78 Å². The Morgan fingerprint density at radius 3 is 2.59 bits per heavy atom. The number of aromatic carboxylic acids is 1. The van der Waals surface area contributed by atoms with Crippen LogP contribution in [0.25, 0.3) is 10.9 Å². The van der Waals surface area contributed by atoms with Crippen molar-refractivity contribution in [3.05, 3.63) is 57.9 Å². The molecule has 2 aliphatic rings. The highest BCUT2D eigenvalue weighted by atomic mass is 19.1. The van der Waals surface area contributed by atoms with Gasteiger partial charge in [0.2, 0.25) is 5.43 Å². The minimum atomic E-state index is -1.46. The molecule has 4 rings (SSSR count). The number of methoxy groups -OCH3 is 1. The Labute approximate surface area is 181 Å². The fourth-order valence-corrected chi connectivity index (χ4v) is 4.50. The molecule has 2 fully saturated rings. The summed E-state index contributed by atoms with van der Waals surface area (Å²) in [6.07, 6.45) is 3.90. The zero-order valence-corrected chi connectivity index (χ0v) is 17.4. The van der Waals surface area contributed by atoms with Crippen molar-refractivity contribution in [2.45, 2.75) is 36.9 Å². The average molecular weight is 447 g/mol. The number of carboxylic acids is 1. The summed E-state index contributed by atoms with van der Waals surface area (Å²) >= 11 is 0. The number of halogens is 2. The molecule has 1 aliphatic heterocycles. The molecule has 2 heterocycles. The Kier molecular flexibility index (Phi) is 5.59. The Bertz CT molecular complexity index is 1190. The first kappa shape index (κ1) is 22.1. The molecule has 10 heteroatoms. The van der Waals surface area contributed by atoms with Crippen molar-refractivity contribution in [2.24, 2.45) is 5.73 Å². The number of carboxylic acid groups (broad SMARTS) is 1. The second kappa shape index (κ2) is 8.10. The molecule has 0 amide bonds. The van der Waals surface area contributed by atoms with Gasteiger partial charge < -0.3 is 20.1 Å². The number of hydrogen-bond acceptors (Lipinski definition) is 6. The number of fused-ring (bicyclic) bond motifs is 1. The number of rotatable bonds is 6. The van der Waals surface area contributed by atoms with Crippen molar-refractivity contribution in [1.82, 2.24) is 9.47 Å². The molecule has 1 aliphatic carbocycles. The fourth-order valence-electron chi connectivity index (χ4n) is 4.50. The van der Waals surface area contributed by atoms with Gasteiger partial charge in [-0.15, -0.1) is 6.58 Å². The van der Waals surface area contributed by atoms with Crippen molar-refractivity contribution in [3.63, 3.8) is 0 Å². The van der Waals surface area contributed by atoms with Crippen LogP contribution >= 0.6 is 0 Å². The van der Waals surface area contributed by atoms with E-state index in [4.69, 9.17) is 10.5 Å². The van der Waals surface area contributed by atoms with Gasteiger partial charge in [0.1, 0.15) is 17.4 Å². The van der Waals surface area contributed by atoms with E-state index in [1.807, 2.05) is 0 Å². The van der Waals surface area contributed by atoms with Crippen LogP contribution in [0.15, 0.2) is 29.7 Å². The highest BCUT2D eigenvalue weighted by Crippen LogP contribution is 2.40. The summed E-state index contributed by atoms with van der Waals surface area (Å²) in [5.41, 5.74) is 4.33. The van der Waals surface area contributed by atoms with Crippen LogP contribution < -0.4 is 11.2 Å². The maximum atomic E-state index is 15.8. The highest BCUT2D eigenvalue weighted by Gasteiger charge is 2.40. The van der Waals surface area contributed by atoms with E-state index in [1.54, 1.807) is 4.90 Å². The van der Waals surface area contributed by atoms with Gasteiger partial charge in [-0.1, -0.05) is 6.08 Å². The Balaban J connectivity index is 1.86. The first-order valence-electron chi connectivity index (χ1n) is 10.2. The Hall–Kier alpha value is -3.11. The molecule has 3 unspecified atom stereocenters. The summed E-state index contributed by atoms with van der Waals surface area (Å²) < 4.78 is 37.2. The van der Waals surface area contributed by atoms with Crippen LogP contribution in [0.1, 0.15) is 40.7 Å². The van der Waals surface area contributed by atoms with Crippen molar-refractivity contribution in [3.8, 4) is 0 Å². The molecule has 1 aromatic carbocycles. The lowest BCUT2D eigenvalue weighted by molar-refractivity contribution is -0.144. The molecule has 0 bridgehead atoms. The van der Waals surface area contributed by atoms with Crippen LogP contribution in [0.5, 0.6) is 0 Å². The first-order valence-corrected chi connectivity index (χ1v) is 10.2. The minimum Gasteiger partial charge on any atom is -0.477 e. The van der Waals surface area contributed by atoms with Gasteiger partial charge in [-0.3, -0.25) is 14.5 Å². The number of carbonyl (C=O) groups is 2. The number of benzene rings is 1. The standard InChI is InChI=1S/C22H23F2N3O5/c1-3-16(22(31)32-2)26-7-12(15(25)9-26)17-14(23)6-11-19(18(17)24)27(10-4-5-10)8-13(20(11)28)21(29)30/h3,6,8,10,12,15-16H,1,4-5,7,9,25H2,2H3,(H,29,30). The van der Waals surface area contributed by atoms with Crippen molar-refractivity contribution < 1.29 is 28.2 Å². The number of carbonyl (C=O) groups excluding carboxylic acids is 1. The molecule has 1 saturated heterocycles. The molecule has 3 atom stereocenters. The van der Waals surface area contributed by atoms with Crippen LogP contribution in [0.2, 0.25) is 0 Å². The summed E-state index contributed by atoms with van der Waals surface area (Å²) in [5.74, 6) is -4.73. The minimum absolute atomic E-state index is 0.0766. The van der Waals surface area contributed by atoms with Gasteiger partial charge in [-0.2, -0.15) is 0 Å². The van der Waals surface area contributed by atoms with Crippen LogP contribution in [-0.4, -0.2) is 58.8 Å². The average Bonchev–Trinajstić information content (AvgIpc) is 3.52. The highest BCUT2D eigenvalue weighted by molar-refractivity contribution is 5.93. The fraction of sp³-hybridized carbons (Fsp3) is 0.409.